The average Bonchev–Trinajstić information content (AvgIpc) is 2.10. The van der Waals surface area contributed by atoms with Gasteiger partial charge in [0.15, 0.2) is 0 Å². The van der Waals surface area contributed by atoms with Gasteiger partial charge in [0, 0.05) is 0 Å². The third-order valence-corrected chi connectivity index (χ3v) is 2.05. The largest absolute Gasteiger partial charge is 0.392 e. The summed E-state index contributed by atoms with van der Waals surface area (Å²) in [6.45, 7) is 0.0604. The SMILES string of the molecule is O=COC(=O)c1ccc(Cl)c(Cl)c1. The number of hydrogen-bond donors (Lipinski definition) is 0. The van der Waals surface area contributed by atoms with Gasteiger partial charge in [-0.2, -0.15) is 0 Å². The zero-order valence-corrected chi connectivity index (χ0v) is 7.80. The normalized spacial score (nSPS) is 9.38. The van der Waals surface area contributed by atoms with Crippen LogP contribution < -0.4 is 0 Å². The standard InChI is InChI=1S/C8H4Cl2O3/c9-6-2-1-5(3-7(6)10)8(12)13-4-11/h1-4H. The Morgan fingerprint density at radius 2 is 2.00 bits per heavy atom. The number of hydrogen-bond acceptors (Lipinski definition) is 3. The van der Waals surface area contributed by atoms with E-state index >= 15 is 0 Å². The number of rotatable bonds is 2. The first-order valence-electron chi connectivity index (χ1n) is 3.25. The molecule has 13 heavy (non-hydrogen) atoms. The highest BCUT2D eigenvalue weighted by Gasteiger charge is 2.08. The molecule has 0 atom stereocenters. The highest BCUT2D eigenvalue weighted by molar-refractivity contribution is 6.42. The van der Waals surface area contributed by atoms with Gasteiger partial charge < -0.3 is 4.74 Å². The molecular formula is C8H4Cl2O3. The van der Waals surface area contributed by atoms with Crippen LogP contribution in [0.1, 0.15) is 10.4 Å². The highest BCUT2D eigenvalue weighted by atomic mass is 35.5. The van der Waals surface area contributed by atoms with Crippen molar-refractivity contribution in [1.29, 1.82) is 0 Å². The summed E-state index contributed by atoms with van der Waals surface area (Å²) in [5.41, 5.74) is 0.182. The molecule has 0 aliphatic carbocycles. The minimum absolute atomic E-state index is 0.0604. The Morgan fingerprint density at radius 1 is 1.31 bits per heavy atom. The van der Waals surface area contributed by atoms with E-state index in [4.69, 9.17) is 23.2 Å². The highest BCUT2D eigenvalue weighted by Crippen LogP contribution is 2.22. The average molecular weight is 219 g/mol. The molecule has 68 valence electrons. The van der Waals surface area contributed by atoms with Gasteiger partial charge in [0.1, 0.15) is 0 Å². The fourth-order valence-electron chi connectivity index (χ4n) is 0.735. The van der Waals surface area contributed by atoms with E-state index < -0.39 is 5.97 Å². The van der Waals surface area contributed by atoms with Gasteiger partial charge in [-0.3, -0.25) is 4.79 Å². The Balaban J connectivity index is 2.96. The molecule has 3 nitrogen and oxygen atoms in total. The van der Waals surface area contributed by atoms with Crippen LogP contribution >= 0.6 is 23.2 Å². The van der Waals surface area contributed by atoms with Crippen molar-refractivity contribution >= 4 is 35.6 Å². The van der Waals surface area contributed by atoms with E-state index in [0.717, 1.165) is 0 Å². The Bertz CT molecular complexity index is 349. The van der Waals surface area contributed by atoms with Gasteiger partial charge in [0.2, 0.25) is 0 Å². The number of benzene rings is 1. The number of ether oxygens (including phenoxy) is 1. The van der Waals surface area contributed by atoms with Crippen molar-refractivity contribution in [2.45, 2.75) is 0 Å². The first-order chi connectivity index (χ1) is 6.15. The number of esters is 1. The van der Waals surface area contributed by atoms with Gasteiger partial charge in [-0.1, -0.05) is 23.2 Å². The van der Waals surface area contributed by atoms with Crippen molar-refractivity contribution < 1.29 is 14.3 Å². The Labute approximate surface area is 84.2 Å². The van der Waals surface area contributed by atoms with E-state index in [2.05, 4.69) is 4.74 Å². The molecule has 0 saturated heterocycles. The van der Waals surface area contributed by atoms with Crippen molar-refractivity contribution in [2.75, 3.05) is 0 Å². The van der Waals surface area contributed by atoms with Crippen LogP contribution in [0.3, 0.4) is 0 Å². The molecule has 0 N–H and O–H groups in total. The second-order valence-electron chi connectivity index (χ2n) is 2.13. The zero-order valence-electron chi connectivity index (χ0n) is 6.29. The van der Waals surface area contributed by atoms with E-state index in [9.17, 15) is 9.59 Å². The quantitative estimate of drug-likeness (QED) is 0.435. The maximum absolute atomic E-state index is 11.0. The summed E-state index contributed by atoms with van der Waals surface area (Å²) in [4.78, 5) is 20.8. The van der Waals surface area contributed by atoms with E-state index in [0.29, 0.717) is 5.02 Å². The number of carbonyl (C=O) groups excluding carboxylic acids is 2. The van der Waals surface area contributed by atoms with Crippen LogP contribution in [-0.4, -0.2) is 12.4 Å². The topological polar surface area (TPSA) is 43.4 Å². The predicted octanol–water partition coefficient (Wildman–Crippen LogP) is 2.31. The molecule has 0 aliphatic rings. The van der Waals surface area contributed by atoms with Crippen LogP contribution in [0.5, 0.6) is 0 Å². The monoisotopic (exact) mass is 218 g/mol. The molecule has 0 spiro atoms. The van der Waals surface area contributed by atoms with Crippen molar-refractivity contribution in [3.8, 4) is 0 Å². The Hall–Kier alpha value is -1.06. The molecule has 1 aromatic rings. The Kier molecular flexibility index (Phi) is 3.28. The fraction of sp³-hybridized carbons (Fsp3) is 0. The predicted molar refractivity (Wildman–Crippen MR) is 47.9 cm³/mol. The molecule has 0 saturated carbocycles. The van der Waals surface area contributed by atoms with Crippen LogP contribution in [0.4, 0.5) is 0 Å². The first-order valence-corrected chi connectivity index (χ1v) is 4.00. The maximum Gasteiger partial charge on any atom is 0.345 e. The fourth-order valence-corrected chi connectivity index (χ4v) is 1.03. The van der Waals surface area contributed by atoms with Crippen LogP contribution in [0.25, 0.3) is 0 Å². The molecule has 0 aliphatic heterocycles. The lowest BCUT2D eigenvalue weighted by Crippen LogP contribution is -2.02. The molecule has 1 aromatic carbocycles. The van der Waals surface area contributed by atoms with Crippen molar-refractivity contribution in [2.24, 2.45) is 0 Å². The van der Waals surface area contributed by atoms with E-state index in [-0.39, 0.29) is 17.1 Å². The lowest BCUT2D eigenvalue weighted by molar-refractivity contribution is -0.123. The number of carbonyl (C=O) groups is 2. The van der Waals surface area contributed by atoms with Crippen LogP contribution in [-0.2, 0) is 9.53 Å². The maximum atomic E-state index is 11.0. The zero-order chi connectivity index (χ0) is 9.84. The van der Waals surface area contributed by atoms with Crippen molar-refractivity contribution in [3.05, 3.63) is 33.8 Å². The third-order valence-electron chi connectivity index (χ3n) is 1.31. The summed E-state index contributed by atoms with van der Waals surface area (Å²) in [7, 11) is 0. The van der Waals surface area contributed by atoms with Gasteiger partial charge in [-0.25, -0.2) is 4.79 Å². The summed E-state index contributed by atoms with van der Waals surface area (Å²) >= 11 is 11.2. The molecule has 0 radical (unpaired) electrons. The van der Waals surface area contributed by atoms with Crippen molar-refractivity contribution in [3.63, 3.8) is 0 Å². The van der Waals surface area contributed by atoms with E-state index in [1.54, 1.807) is 0 Å². The molecule has 0 bridgehead atoms. The summed E-state index contributed by atoms with van der Waals surface area (Å²) in [6.07, 6.45) is 0. The number of halogens is 2. The minimum Gasteiger partial charge on any atom is -0.392 e. The Morgan fingerprint density at radius 3 is 2.54 bits per heavy atom. The van der Waals surface area contributed by atoms with Gasteiger partial charge in [0.25, 0.3) is 0 Å². The second-order valence-corrected chi connectivity index (χ2v) is 2.94. The van der Waals surface area contributed by atoms with Gasteiger partial charge in [-0.15, -0.1) is 0 Å². The molecule has 1 rings (SSSR count). The van der Waals surface area contributed by atoms with Crippen molar-refractivity contribution in [1.82, 2.24) is 0 Å². The molecule has 0 unspecified atom stereocenters. The van der Waals surface area contributed by atoms with Gasteiger partial charge in [-0.05, 0) is 18.2 Å². The molecule has 5 heteroatoms. The summed E-state index contributed by atoms with van der Waals surface area (Å²) < 4.78 is 4.10. The molecule has 0 heterocycles. The molecule has 0 fully saturated rings. The smallest absolute Gasteiger partial charge is 0.345 e. The summed E-state index contributed by atoms with van der Waals surface area (Å²) in [5.74, 6) is -0.756. The minimum atomic E-state index is -0.756. The van der Waals surface area contributed by atoms with E-state index in [1.807, 2.05) is 0 Å². The van der Waals surface area contributed by atoms with Crippen LogP contribution in [0, 0.1) is 0 Å². The van der Waals surface area contributed by atoms with Gasteiger partial charge >= 0.3 is 12.4 Å². The van der Waals surface area contributed by atoms with Crippen LogP contribution in [0.15, 0.2) is 18.2 Å². The second kappa shape index (κ2) is 4.25. The third kappa shape index (κ3) is 2.44. The molecule has 0 aromatic heterocycles. The lowest BCUT2D eigenvalue weighted by atomic mass is 10.2. The van der Waals surface area contributed by atoms with Crippen LogP contribution in [0.2, 0.25) is 10.0 Å². The van der Waals surface area contributed by atoms with Gasteiger partial charge in [0.05, 0.1) is 15.6 Å². The molecule has 0 amide bonds. The van der Waals surface area contributed by atoms with E-state index in [1.165, 1.54) is 18.2 Å². The lowest BCUT2D eigenvalue weighted by Gasteiger charge is -1.99. The summed E-state index contributed by atoms with van der Waals surface area (Å²) in [5, 5.41) is 0.575. The first kappa shape index (κ1) is 10.0. The molecular weight excluding hydrogens is 215 g/mol. The summed E-state index contributed by atoms with van der Waals surface area (Å²) in [6, 6.07) is 4.20.